The van der Waals surface area contributed by atoms with Crippen LogP contribution in [0.15, 0.2) is 0 Å². The molecule has 0 unspecified atom stereocenters. The molecule has 0 aromatic heterocycles. The average Bonchev–Trinajstić information content (AvgIpc) is 2.19. The molecule has 0 aromatic carbocycles. The number of amides is 1. The molecule has 0 bridgehead atoms. The third kappa shape index (κ3) is 11.3. The summed E-state index contributed by atoms with van der Waals surface area (Å²) in [5.74, 6) is -0.0275. The van der Waals surface area contributed by atoms with Gasteiger partial charge in [0.2, 0.25) is 5.91 Å². The highest BCUT2D eigenvalue weighted by Gasteiger charge is 1.98. The Hall–Kier alpha value is -0.650. The van der Waals surface area contributed by atoms with Gasteiger partial charge in [-0.05, 0) is 20.5 Å². The van der Waals surface area contributed by atoms with Gasteiger partial charge in [0, 0.05) is 26.1 Å². The maximum atomic E-state index is 11.1. The summed E-state index contributed by atoms with van der Waals surface area (Å²) >= 11 is 0. The standard InChI is InChI=1S/C10H22N2O3/c1-12(2)6-9-15-8-5-11-10(14)4-3-7-13/h13H,3-9H2,1-2H3,(H,11,14). The molecule has 2 N–H and O–H groups in total. The Morgan fingerprint density at radius 2 is 2.13 bits per heavy atom. The van der Waals surface area contributed by atoms with E-state index in [0.29, 0.717) is 32.6 Å². The second kappa shape index (κ2) is 9.89. The first-order valence-corrected chi connectivity index (χ1v) is 5.27. The minimum absolute atomic E-state index is 0.0275. The normalized spacial score (nSPS) is 10.7. The fourth-order valence-electron chi connectivity index (χ4n) is 0.940. The van der Waals surface area contributed by atoms with E-state index < -0.39 is 0 Å². The molecule has 5 nitrogen and oxygen atoms in total. The number of hydrogen-bond acceptors (Lipinski definition) is 4. The summed E-state index contributed by atoms with van der Waals surface area (Å²) in [4.78, 5) is 13.1. The van der Waals surface area contributed by atoms with Crippen LogP contribution in [0.1, 0.15) is 12.8 Å². The second-order valence-electron chi connectivity index (χ2n) is 3.59. The fraction of sp³-hybridized carbons (Fsp3) is 0.900. The van der Waals surface area contributed by atoms with E-state index in [1.807, 2.05) is 19.0 Å². The molecule has 0 atom stereocenters. The molecule has 0 aliphatic carbocycles. The van der Waals surface area contributed by atoms with Crippen molar-refractivity contribution in [3.05, 3.63) is 0 Å². The van der Waals surface area contributed by atoms with E-state index in [2.05, 4.69) is 5.32 Å². The molecule has 15 heavy (non-hydrogen) atoms. The van der Waals surface area contributed by atoms with Crippen LogP contribution < -0.4 is 5.32 Å². The van der Waals surface area contributed by atoms with E-state index in [4.69, 9.17) is 9.84 Å². The lowest BCUT2D eigenvalue weighted by Crippen LogP contribution is -2.28. The number of likely N-dealkylation sites (N-methyl/N-ethyl adjacent to an activating group) is 1. The predicted octanol–water partition coefficient (Wildman–Crippen LogP) is -0.547. The van der Waals surface area contributed by atoms with Gasteiger partial charge in [-0.1, -0.05) is 0 Å². The van der Waals surface area contributed by atoms with Crippen molar-refractivity contribution in [2.75, 3.05) is 47.0 Å². The molecule has 0 aliphatic heterocycles. The Morgan fingerprint density at radius 1 is 1.40 bits per heavy atom. The maximum absolute atomic E-state index is 11.1. The third-order valence-electron chi connectivity index (χ3n) is 1.81. The van der Waals surface area contributed by atoms with Crippen LogP contribution in [0.5, 0.6) is 0 Å². The first kappa shape index (κ1) is 14.3. The number of nitrogens with zero attached hydrogens (tertiary/aromatic N) is 1. The van der Waals surface area contributed by atoms with Crippen LogP contribution in [0.4, 0.5) is 0 Å². The molecule has 0 aromatic rings. The van der Waals surface area contributed by atoms with Crippen molar-refractivity contribution < 1.29 is 14.6 Å². The molecule has 0 fully saturated rings. The molecule has 0 radical (unpaired) electrons. The van der Waals surface area contributed by atoms with Crippen molar-refractivity contribution in [2.45, 2.75) is 12.8 Å². The van der Waals surface area contributed by atoms with Gasteiger partial charge in [0.15, 0.2) is 0 Å². The van der Waals surface area contributed by atoms with Crippen LogP contribution in [-0.2, 0) is 9.53 Å². The number of carbonyl (C=O) groups is 1. The SMILES string of the molecule is CN(C)CCOCCNC(=O)CCCO. The molecular formula is C10H22N2O3. The summed E-state index contributed by atoms with van der Waals surface area (Å²) in [5, 5.41) is 11.2. The highest BCUT2D eigenvalue weighted by Crippen LogP contribution is 1.86. The first-order valence-electron chi connectivity index (χ1n) is 5.27. The van der Waals surface area contributed by atoms with E-state index >= 15 is 0 Å². The van der Waals surface area contributed by atoms with Crippen LogP contribution in [0.3, 0.4) is 0 Å². The summed E-state index contributed by atoms with van der Waals surface area (Å²) in [6.07, 6.45) is 0.904. The van der Waals surface area contributed by atoms with Crippen molar-refractivity contribution in [1.29, 1.82) is 0 Å². The number of carbonyl (C=O) groups excluding carboxylic acids is 1. The molecule has 0 saturated carbocycles. The lowest BCUT2D eigenvalue weighted by molar-refractivity contribution is -0.121. The smallest absolute Gasteiger partial charge is 0.220 e. The summed E-state index contributed by atoms with van der Waals surface area (Å²) in [7, 11) is 3.97. The Balaban J connectivity index is 3.13. The number of ether oxygens (including phenoxy) is 1. The summed E-state index contributed by atoms with van der Waals surface area (Å²) < 4.78 is 5.29. The van der Waals surface area contributed by atoms with Crippen molar-refractivity contribution in [1.82, 2.24) is 10.2 Å². The van der Waals surface area contributed by atoms with Crippen molar-refractivity contribution in [3.8, 4) is 0 Å². The van der Waals surface area contributed by atoms with Gasteiger partial charge in [-0.3, -0.25) is 4.79 Å². The molecule has 5 heteroatoms. The lowest BCUT2D eigenvalue weighted by Gasteiger charge is -2.10. The van der Waals surface area contributed by atoms with Gasteiger partial charge in [-0.25, -0.2) is 0 Å². The zero-order valence-electron chi connectivity index (χ0n) is 9.66. The van der Waals surface area contributed by atoms with Crippen LogP contribution in [-0.4, -0.2) is 62.9 Å². The number of rotatable bonds is 9. The largest absolute Gasteiger partial charge is 0.396 e. The topological polar surface area (TPSA) is 61.8 Å². The third-order valence-corrected chi connectivity index (χ3v) is 1.81. The Morgan fingerprint density at radius 3 is 2.73 bits per heavy atom. The summed E-state index contributed by atoms with van der Waals surface area (Å²) in [6, 6.07) is 0. The fourth-order valence-corrected chi connectivity index (χ4v) is 0.940. The van der Waals surface area contributed by atoms with E-state index in [1.54, 1.807) is 0 Å². The monoisotopic (exact) mass is 218 g/mol. The minimum atomic E-state index is -0.0275. The Bertz CT molecular complexity index is 163. The van der Waals surface area contributed by atoms with Crippen LogP contribution >= 0.6 is 0 Å². The summed E-state index contributed by atoms with van der Waals surface area (Å²) in [6.45, 7) is 2.71. The second-order valence-corrected chi connectivity index (χ2v) is 3.59. The van der Waals surface area contributed by atoms with Crippen molar-refractivity contribution >= 4 is 5.91 Å². The number of aliphatic hydroxyl groups is 1. The minimum Gasteiger partial charge on any atom is -0.396 e. The van der Waals surface area contributed by atoms with E-state index in [1.165, 1.54) is 0 Å². The van der Waals surface area contributed by atoms with E-state index in [9.17, 15) is 4.79 Å². The number of aliphatic hydroxyl groups excluding tert-OH is 1. The predicted molar refractivity (Wildman–Crippen MR) is 58.7 cm³/mol. The molecule has 1 amide bonds. The Labute approximate surface area is 91.4 Å². The molecule has 0 spiro atoms. The van der Waals surface area contributed by atoms with Crippen molar-refractivity contribution in [2.24, 2.45) is 0 Å². The molecule has 0 heterocycles. The maximum Gasteiger partial charge on any atom is 0.220 e. The summed E-state index contributed by atoms with van der Waals surface area (Å²) in [5.41, 5.74) is 0. The highest BCUT2D eigenvalue weighted by molar-refractivity contribution is 5.75. The van der Waals surface area contributed by atoms with Crippen LogP contribution in [0.25, 0.3) is 0 Å². The van der Waals surface area contributed by atoms with Gasteiger partial charge in [-0.15, -0.1) is 0 Å². The first-order chi connectivity index (χ1) is 7.16. The lowest BCUT2D eigenvalue weighted by atomic mass is 10.3. The zero-order valence-corrected chi connectivity index (χ0v) is 9.66. The van der Waals surface area contributed by atoms with Gasteiger partial charge < -0.3 is 20.1 Å². The van der Waals surface area contributed by atoms with Gasteiger partial charge in [0.05, 0.1) is 13.2 Å². The number of nitrogens with one attached hydrogen (secondary N) is 1. The zero-order chi connectivity index (χ0) is 11.5. The van der Waals surface area contributed by atoms with Crippen molar-refractivity contribution in [3.63, 3.8) is 0 Å². The molecular weight excluding hydrogens is 196 g/mol. The van der Waals surface area contributed by atoms with Crippen LogP contribution in [0, 0.1) is 0 Å². The molecule has 0 saturated heterocycles. The molecule has 0 aliphatic rings. The molecule has 90 valence electrons. The van der Waals surface area contributed by atoms with E-state index in [-0.39, 0.29) is 12.5 Å². The number of hydrogen-bond donors (Lipinski definition) is 2. The highest BCUT2D eigenvalue weighted by atomic mass is 16.5. The van der Waals surface area contributed by atoms with E-state index in [0.717, 1.165) is 6.54 Å². The van der Waals surface area contributed by atoms with Crippen LogP contribution in [0.2, 0.25) is 0 Å². The van der Waals surface area contributed by atoms with Gasteiger partial charge >= 0.3 is 0 Å². The van der Waals surface area contributed by atoms with Gasteiger partial charge in [0.25, 0.3) is 0 Å². The molecule has 0 rings (SSSR count). The quantitative estimate of drug-likeness (QED) is 0.510. The van der Waals surface area contributed by atoms with Gasteiger partial charge in [-0.2, -0.15) is 0 Å². The Kier molecular flexibility index (Phi) is 9.46. The van der Waals surface area contributed by atoms with Gasteiger partial charge in [0.1, 0.15) is 0 Å². The average molecular weight is 218 g/mol.